The molecule has 5 fully saturated rings. The average molecular weight is 368 g/mol. The largest absolute Gasteiger partial charge is 0.457 e. The molecule has 5 rings (SSSR count). The van der Waals surface area contributed by atoms with Crippen LogP contribution in [0.4, 0.5) is 0 Å². The molecule has 146 valence electrons. The number of ether oxygens (including phenoxy) is 2. The fraction of sp³-hybridized carbons (Fsp3) is 0.947. The first kappa shape index (κ1) is 17.4. The predicted octanol–water partition coefficient (Wildman–Crippen LogP) is -0.271. The van der Waals surface area contributed by atoms with Gasteiger partial charge >= 0.3 is 5.97 Å². The van der Waals surface area contributed by atoms with Gasteiger partial charge in [-0.1, -0.05) is 0 Å². The summed E-state index contributed by atoms with van der Waals surface area (Å²) in [5.74, 6) is -1.41. The Morgan fingerprint density at radius 2 is 1.88 bits per heavy atom. The lowest BCUT2D eigenvalue weighted by atomic mass is 9.58. The molecule has 1 spiro atoms. The molecular formula is C19H28O7. The first-order chi connectivity index (χ1) is 12.1. The SMILES string of the molecule is CC(=O)OC1C(O)C23CC(O)C(CCC2C(C)(O)C2C4OC4CC12O)C3. The zero-order valence-electron chi connectivity index (χ0n) is 15.2. The highest BCUT2D eigenvalue weighted by Gasteiger charge is 2.78. The van der Waals surface area contributed by atoms with Crippen molar-refractivity contribution in [2.24, 2.45) is 23.2 Å². The Balaban J connectivity index is 1.67. The number of hydrogen-bond acceptors (Lipinski definition) is 7. The molecule has 0 aromatic rings. The van der Waals surface area contributed by atoms with Gasteiger partial charge in [0.05, 0.1) is 30.0 Å². The zero-order valence-corrected chi connectivity index (χ0v) is 15.2. The highest BCUT2D eigenvalue weighted by atomic mass is 16.6. The maximum absolute atomic E-state index is 11.8. The molecule has 0 aromatic carbocycles. The molecule has 11 unspecified atom stereocenters. The third kappa shape index (κ3) is 1.93. The fourth-order valence-electron chi connectivity index (χ4n) is 7.45. The maximum Gasteiger partial charge on any atom is 0.303 e. The molecule has 0 amide bonds. The first-order valence-corrected chi connectivity index (χ1v) is 9.75. The minimum atomic E-state index is -1.53. The quantitative estimate of drug-likeness (QED) is 0.371. The smallest absolute Gasteiger partial charge is 0.303 e. The standard InChI is InChI=1S/C19H28O7/c1-8(20)25-16-15(22)18-5-9(10(21)6-18)3-4-12(18)17(2,23)14-13-11(26-13)7-19(14,16)24/h9-16,21-24H,3-7H2,1-2H3. The van der Waals surface area contributed by atoms with Crippen LogP contribution in [0.25, 0.3) is 0 Å². The molecule has 5 aliphatic rings. The molecule has 4 N–H and O–H groups in total. The van der Waals surface area contributed by atoms with Crippen molar-refractivity contribution in [3.63, 3.8) is 0 Å². The molecule has 1 aliphatic heterocycles. The monoisotopic (exact) mass is 368 g/mol. The number of epoxide rings is 1. The van der Waals surface area contributed by atoms with Gasteiger partial charge in [-0.3, -0.25) is 4.79 Å². The molecule has 0 aromatic heterocycles. The van der Waals surface area contributed by atoms with E-state index < -0.39 is 46.8 Å². The highest BCUT2D eigenvalue weighted by Crippen LogP contribution is 2.68. The van der Waals surface area contributed by atoms with E-state index >= 15 is 0 Å². The van der Waals surface area contributed by atoms with E-state index in [4.69, 9.17) is 9.47 Å². The number of esters is 1. The molecule has 7 heteroatoms. The normalized spacial score (nSPS) is 62.7. The second-order valence-electron chi connectivity index (χ2n) is 9.61. The van der Waals surface area contributed by atoms with Crippen LogP contribution >= 0.6 is 0 Å². The molecule has 26 heavy (non-hydrogen) atoms. The fourth-order valence-corrected chi connectivity index (χ4v) is 7.45. The van der Waals surface area contributed by atoms with Gasteiger partial charge in [-0.05, 0) is 44.4 Å². The van der Waals surface area contributed by atoms with Gasteiger partial charge in [0.1, 0.15) is 5.60 Å². The Morgan fingerprint density at radius 1 is 1.15 bits per heavy atom. The third-order valence-corrected chi connectivity index (χ3v) is 8.31. The van der Waals surface area contributed by atoms with E-state index in [1.165, 1.54) is 6.92 Å². The molecule has 0 radical (unpaired) electrons. The summed E-state index contributed by atoms with van der Waals surface area (Å²) >= 11 is 0. The lowest BCUT2D eigenvalue weighted by molar-refractivity contribution is -0.208. The summed E-state index contributed by atoms with van der Waals surface area (Å²) < 4.78 is 11.2. The van der Waals surface area contributed by atoms with Crippen LogP contribution in [-0.2, 0) is 14.3 Å². The molecular weight excluding hydrogens is 340 g/mol. The van der Waals surface area contributed by atoms with E-state index in [0.717, 1.165) is 6.42 Å². The van der Waals surface area contributed by atoms with E-state index in [0.29, 0.717) is 19.3 Å². The van der Waals surface area contributed by atoms with Crippen LogP contribution < -0.4 is 0 Å². The summed E-state index contributed by atoms with van der Waals surface area (Å²) in [5, 5.41) is 45.2. The average Bonchev–Trinajstić information content (AvgIpc) is 3.13. The summed E-state index contributed by atoms with van der Waals surface area (Å²) in [6, 6.07) is 0. The minimum Gasteiger partial charge on any atom is -0.457 e. The van der Waals surface area contributed by atoms with Crippen LogP contribution in [0.2, 0.25) is 0 Å². The number of rotatable bonds is 1. The number of fused-ring (bicyclic) bond motifs is 4. The van der Waals surface area contributed by atoms with Crippen LogP contribution in [0, 0.1) is 23.2 Å². The van der Waals surface area contributed by atoms with Crippen molar-refractivity contribution in [3.8, 4) is 0 Å². The van der Waals surface area contributed by atoms with E-state index in [-0.39, 0.29) is 30.5 Å². The topological polar surface area (TPSA) is 120 Å². The van der Waals surface area contributed by atoms with Crippen LogP contribution in [0.15, 0.2) is 0 Å². The number of aliphatic hydroxyl groups excluding tert-OH is 2. The van der Waals surface area contributed by atoms with E-state index in [1.54, 1.807) is 6.92 Å². The number of aliphatic hydroxyl groups is 4. The zero-order chi connectivity index (χ0) is 18.6. The van der Waals surface area contributed by atoms with Crippen molar-refractivity contribution in [1.82, 2.24) is 0 Å². The van der Waals surface area contributed by atoms with Gasteiger partial charge in [-0.25, -0.2) is 0 Å². The summed E-state index contributed by atoms with van der Waals surface area (Å²) in [6.45, 7) is 3.00. The van der Waals surface area contributed by atoms with Crippen molar-refractivity contribution < 1.29 is 34.7 Å². The maximum atomic E-state index is 11.8. The lowest BCUT2D eigenvalue weighted by Crippen LogP contribution is -2.59. The van der Waals surface area contributed by atoms with Crippen molar-refractivity contribution in [2.45, 2.75) is 87.7 Å². The van der Waals surface area contributed by atoms with E-state index in [9.17, 15) is 25.2 Å². The van der Waals surface area contributed by atoms with Crippen molar-refractivity contribution >= 4 is 5.97 Å². The van der Waals surface area contributed by atoms with Crippen LogP contribution in [0.3, 0.4) is 0 Å². The van der Waals surface area contributed by atoms with Gasteiger partial charge in [-0.15, -0.1) is 0 Å². The van der Waals surface area contributed by atoms with Crippen molar-refractivity contribution in [1.29, 1.82) is 0 Å². The Labute approximate surface area is 152 Å². The van der Waals surface area contributed by atoms with E-state index in [1.807, 2.05) is 0 Å². The second kappa shape index (κ2) is 5.00. The summed E-state index contributed by atoms with van der Waals surface area (Å²) in [6.07, 6.45) is -0.612. The predicted molar refractivity (Wildman–Crippen MR) is 87.8 cm³/mol. The highest BCUT2D eigenvalue weighted by molar-refractivity contribution is 5.66. The van der Waals surface area contributed by atoms with Gasteiger partial charge in [0.2, 0.25) is 0 Å². The minimum absolute atomic E-state index is 0.0761. The number of hydrogen-bond donors (Lipinski definition) is 4. The second-order valence-corrected chi connectivity index (χ2v) is 9.61. The number of carbonyl (C=O) groups is 1. The lowest BCUT2D eigenvalue weighted by Gasteiger charge is -2.50. The van der Waals surface area contributed by atoms with Gasteiger partial charge in [0, 0.05) is 24.7 Å². The Kier molecular flexibility index (Phi) is 3.34. The van der Waals surface area contributed by atoms with Gasteiger partial charge < -0.3 is 29.9 Å². The molecule has 7 nitrogen and oxygen atoms in total. The van der Waals surface area contributed by atoms with Crippen LogP contribution in [0.1, 0.15) is 46.0 Å². The van der Waals surface area contributed by atoms with Crippen LogP contribution in [-0.4, -0.2) is 68.1 Å². The number of carbonyl (C=O) groups excluding carboxylic acids is 1. The molecule has 4 aliphatic carbocycles. The molecule has 11 atom stereocenters. The summed E-state index contributed by atoms with van der Waals surface area (Å²) in [5.41, 5.74) is -3.58. The Morgan fingerprint density at radius 3 is 2.58 bits per heavy atom. The van der Waals surface area contributed by atoms with Gasteiger partial charge in [0.25, 0.3) is 0 Å². The summed E-state index contributed by atoms with van der Waals surface area (Å²) in [4.78, 5) is 11.8. The van der Waals surface area contributed by atoms with Crippen molar-refractivity contribution in [2.75, 3.05) is 0 Å². The first-order valence-electron chi connectivity index (χ1n) is 9.75. The Bertz CT molecular complexity index is 646. The molecule has 1 heterocycles. The van der Waals surface area contributed by atoms with Gasteiger partial charge in [-0.2, -0.15) is 0 Å². The van der Waals surface area contributed by atoms with Crippen molar-refractivity contribution in [3.05, 3.63) is 0 Å². The summed E-state index contributed by atoms with van der Waals surface area (Å²) in [7, 11) is 0. The Hall–Kier alpha value is -0.730. The van der Waals surface area contributed by atoms with E-state index in [2.05, 4.69) is 0 Å². The van der Waals surface area contributed by atoms with Crippen LogP contribution in [0.5, 0.6) is 0 Å². The molecule has 2 bridgehead atoms. The third-order valence-electron chi connectivity index (χ3n) is 8.31. The molecule has 4 saturated carbocycles. The molecule has 1 saturated heterocycles. The van der Waals surface area contributed by atoms with Gasteiger partial charge in [0.15, 0.2) is 6.10 Å².